The van der Waals surface area contributed by atoms with Crippen molar-refractivity contribution in [3.8, 4) is 0 Å². The van der Waals surface area contributed by atoms with Crippen LogP contribution in [0.5, 0.6) is 0 Å². The number of unbranched alkanes of at least 4 members (excludes halogenated alkanes) is 8. The lowest BCUT2D eigenvalue weighted by Crippen LogP contribution is -2.35. The van der Waals surface area contributed by atoms with E-state index in [0.29, 0.717) is 11.5 Å². The molecule has 0 aromatic rings. The highest BCUT2D eigenvalue weighted by atomic mass is 15.2. The van der Waals surface area contributed by atoms with Crippen molar-refractivity contribution in [1.29, 1.82) is 0 Å². The average molecular weight is 285 g/mol. The molecule has 0 aromatic carbocycles. The van der Waals surface area contributed by atoms with Crippen molar-refractivity contribution in [2.24, 2.45) is 11.3 Å². The molecule has 0 fully saturated rings. The third-order valence-electron chi connectivity index (χ3n) is 4.13. The largest absolute Gasteiger partial charge is 0.271 e. The van der Waals surface area contributed by atoms with Crippen LogP contribution in [0.1, 0.15) is 105 Å². The lowest BCUT2D eigenvalue weighted by molar-refractivity contribution is 0.320. The van der Waals surface area contributed by atoms with Crippen LogP contribution in [0.2, 0.25) is 0 Å². The maximum atomic E-state index is 5.66. The summed E-state index contributed by atoms with van der Waals surface area (Å²) in [6, 6.07) is 0.513. The van der Waals surface area contributed by atoms with Gasteiger partial charge < -0.3 is 0 Å². The topological polar surface area (TPSA) is 38.0 Å². The molecule has 0 saturated carbocycles. The Balaban J connectivity index is 3.38. The van der Waals surface area contributed by atoms with E-state index >= 15 is 0 Å². The summed E-state index contributed by atoms with van der Waals surface area (Å²) in [6.45, 7) is 9.19. The Kier molecular flexibility index (Phi) is 12.6. The first-order chi connectivity index (χ1) is 9.49. The van der Waals surface area contributed by atoms with Gasteiger partial charge in [0.2, 0.25) is 0 Å². The van der Waals surface area contributed by atoms with E-state index in [-0.39, 0.29) is 0 Å². The van der Waals surface area contributed by atoms with Crippen molar-refractivity contribution >= 4 is 0 Å². The molecule has 0 aromatic heterocycles. The van der Waals surface area contributed by atoms with Crippen molar-refractivity contribution in [3.05, 3.63) is 0 Å². The third-order valence-corrected chi connectivity index (χ3v) is 4.13. The molecule has 1 atom stereocenters. The fourth-order valence-corrected chi connectivity index (χ4v) is 2.62. The molecule has 20 heavy (non-hydrogen) atoms. The van der Waals surface area contributed by atoms with Crippen LogP contribution in [0.15, 0.2) is 0 Å². The van der Waals surface area contributed by atoms with Gasteiger partial charge in [0.1, 0.15) is 0 Å². The molecule has 3 N–H and O–H groups in total. The molecule has 0 spiro atoms. The summed E-state index contributed by atoms with van der Waals surface area (Å²) in [6.07, 6.45) is 16.3. The summed E-state index contributed by atoms with van der Waals surface area (Å²) in [5.41, 5.74) is 3.42. The molecular formula is C18H40N2. The number of nitrogens with one attached hydrogen (secondary N) is 1. The van der Waals surface area contributed by atoms with E-state index in [9.17, 15) is 0 Å². The number of hydrogen-bond acceptors (Lipinski definition) is 2. The number of nitrogens with two attached hydrogens (primary N) is 1. The maximum Gasteiger partial charge on any atom is 0.0210 e. The Hall–Kier alpha value is -0.0800. The molecular weight excluding hydrogens is 244 g/mol. The second-order valence-electron chi connectivity index (χ2n) is 7.58. The minimum atomic E-state index is 0.424. The Morgan fingerprint density at radius 2 is 1.30 bits per heavy atom. The van der Waals surface area contributed by atoms with Gasteiger partial charge in [-0.15, -0.1) is 0 Å². The van der Waals surface area contributed by atoms with Crippen LogP contribution >= 0.6 is 0 Å². The SMILES string of the molecule is CCCCCCCCCCCC(CCC(C)(C)C)NN. The van der Waals surface area contributed by atoms with Gasteiger partial charge in [-0.05, 0) is 24.7 Å². The van der Waals surface area contributed by atoms with Crippen molar-refractivity contribution < 1.29 is 0 Å². The fraction of sp³-hybridized carbons (Fsp3) is 1.00. The van der Waals surface area contributed by atoms with Crippen molar-refractivity contribution in [1.82, 2.24) is 5.43 Å². The molecule has 0 radical (unpaired) electrons. The van der Waals surface area contributed by atoms with Crippen LogP contribution in [-0.2, 0) is 0 Å². The van der Waals surface area contributed by atoms with Gasteiger partial charge in [0.05, 0.1) is 0 Å². The molecule has 0 heterocycles. The van der Waals surface area contributed by atoms with E-state index in [4.69, 9.17) is 5.84 Å². The molecule has 2 heteroatoms. The van der Waals surface area contributed by atoms with E-state index < -0.39 is 0 Å². The highest BCUT2D eigenvalue weighted by Gasteiger charge is 2.14. The summed E-state index contributed by atoms with van der Waals surface area (Å²) < 4.78 is 0. The predicted molar refractivity (Wildman–Crippen MR) is 91.6 cm³/mol. The summed E-state index contributed by atoms with van der Waals surface area (Å²) >= 11 is 0. The Labute approximate surface area is 128 Å². The summed E-state index contributed by atoms with van der Waals surface area (Å²) in [5.74, 6) is 5.66. The zero-order valence-corrected chi connectivity index (χ0v) is 14.6. The van der Waals surface area contributed by atoms with Crippen LogP contribution in [0.3, 0.4) is 0 Å². The van der Waals surface area contributed by atoms with E-state index in [2.05, 4.69) is 33.1 Å². The summed E-state index contributed by atoms with van der Waals surface area (Å²) in [4.78, 5) is 0. The van der Waals surface area contributed by atoms with Crippen molar-refractivity contribution in [2.75, 3.05) is 0 Å². The van der Waals surface area contributed by atoms with Crippen molar-refractivity contribution in [2.45, 2.75) is 111 Å². The van der Waals surface area contributed by atoms with Gasteiger partial charge in [-0.2, -0.15) is 0 Å². The van der Waals surface area contributed by atoms with Gasteiger partial charge in [-0.3, -0.25) is 11.3 Å². The van der Waals surface area contributed by atoms with Crippen LogP contribution in [0.25, 0.3) is 0 Å². The number of rotatable bonds is 13. The number of hydrazine groups is 1. The van der Waals surface area contributed by atoms with Crippen LogP contribution < -0.4 is 11.3 Å². The number of hydrogen-bond donors (Lipinski definition) is 2. The second kappa shape index (κ2) is 12.6. The molecule has 0 rings (SSSR count). The monoisotopic (exact) mass is 284 g/mol. The maximum absolute atomic E-state index is 5.66. The predicted octanol–water partition coefficient (Wildman–Crippen LogP) is 5.57. The Morgan fingerprint density at radius 1 is 0.800 bits per heavy atom. The van der Waals surface area contributed by atoms with E-state index in [1.807, 2.05) is 0 Å². The zero-order valence-electron chi connectivity index (χ0n) is 14.6. The van der Waals surface area contributed by atoms with E-state index in [0.717, 1.165) is 0 Å². The lowest BCUT2D eigenvalue weighted by atomic mass is 9.88. The molecule has 1 unspecified atom stereocenters. The first-order valence-electron chi connectivity index (χ1n) is 8.95. The minimum Gasteiger partial charge on any atom is -0.271 e. The standard InChI is InChI=1S/C18H40N2/c1-5-6-7-8-9-10-11-12-13-14-17(20-19)15-16-18(2,3)4/h17,20H,5-16,19H2,1-4H3. The molecule has 0 saturated heterocycles. The molecule has 0 bridgehead atoms. The molecule has 0 aliphatic carbocycles. The quantitative estimate of drug-likeness (QED) is 0.264. The fourth-order valence-electron chi connectivity index (χ4n) is 2.62. The first kappa shape index (κ1) is 19.9. The van der Waals surface area contributed by atoms with Gasteiger partial charge in [0.25, 0.3) is 0 Å². The minimum absolute atomic E-state index is 0.424. The normalized spacial score (nSPS) is 13.7. The second-order valence-corrected chi connectivity index (χ2v) is 7.58. The Morgan fingerprint density at radius 3 is 1.75 bits per heavy atom. The van der Waals surface area contributed by atoms with Crippen LogP contribution in [0, 0.1) is 5.41 Å². The average Bonchev–Trinajstić information content (AvgIpc) is 2.39. The molecule has 2 nitrogen and oxygen atoms in total. The van der Waals surface area contributed by atoms with Gasteiger partial charge in [0.15, 0.2) is 0 Å². The highest BCUT2D eigenvalue weighted by molar-refractivity contribution is 4.69. The van der Waals surface area contributed by atoms with Gasteiger partial charge in [0, 0.05) is 6.04 Å². The highest BCUT2D eigenvalue weighted by Crippen LogP contribution is 2.23. The molecule has 0 aliphatic heterocycles. The summed E-state index contributed by atoms with van der Waals surface area (Å²) in [5, 5.41) is 0. The van der Waals surface area contributed by atoms with Gasteiger partial charge >= 0.3 is 0 Å². The van der Waals surface area contributed by atoms with Gasteiger partial charge in [-0.25, -0.2) is 0 Å². The van der Waals surface area contributed by atoms with Gasteiger partial charge in [-0.1, -0.05) is 85.5 Å². The first-order valence-corrected chi connectivity index (χ1v) is 8.95. The van der Waals surface area contributed by atoms with Crippen molar-refractivity contribution in [3.63, 3.8) is 0 Å². The Bertz CT molecular complexity index is 196. The third kappa shape index (κ3) is 14.3. The summed E-state index contributed by atoms with van der Waals surface area (Å²) in [7, 11) is 0. The van der Waals surface area contributed by atoms with Crippen LogP contribution in [-0.4, -0.2) is 6.04 Å². The lowest BCUT2D eigenvalue weighted by Gasteiger charge is -2.22. The zero-order chi connectivity index (χ0) is 15.3. The smallest absolute Gasteiger partial charge is 0.0210 e. The molecule has 0 amide bonds. The molecule has 0 aliphatic rings. The molecule has 122 valence electrons. The van der Waals surface area contributed by atoms with E-state index in [1.54, 1.807) is 0 Å². The van der Waals surface area contributed by atoms with E-state index in [1.165, 1.54) is 77.0 Å². The van der Waals surface area contributed by atoms with Crippen LogP contribution in [0.4, 0.5) is 0 Å².